The minimum atomic E-state index is 0.660. The van der Waals surface area contributed by atoms with Crippen LogP contribution in [0.3, 0.4) is 0 Å². The van der Waals surface area contributed by atoms with Crippen LogP contribution in [0.15, 0.2) is 78.9 Å². The Labute approximate surface area is 156 Å². The smallest absolute Gasteiger partial charge is 0.118 e. The maximum Gasteiger partial charge on any atom is 0.118 e. The molecule has 1 aromatic heterocycles. The molecule has 26 heavy (non-hydrogen) atoms. The van der Waals surface area contributed by atoms with Crippen LogP contribution >= 0.6 is 0 Å². The zero-order valence-corrected chi connectivity index (χ0v) is 15.7. The van der Waals surface area contributed by atoms with E-state index in [4.69, 9.17) is 9.47 Å². The van der Waals surface area contributed by atoms with Gasteiger partial charge in [0, 0.05) is 18.9 Å². The van der Waals surface area contributed by atoms with Gasteiger partial charge in [-0.3, -0.25) is 4.68 Å². The summed E-state index contributed by atoms with van der Waals surface area (Å²) in [5.41, 5.74) is 2.52. The molecule has 0 atom stereocenters. The third kappa shape index (κ3) is 7.01. The molecule has 0 radical (unpaired) electrons. The zero-order valence-electron chi connectivity index (χ0n) is 15.7. The van der Waals surface area contributed by atoms with E-state index in [1.54, 1.807) is 13.3 Å². The zero-order chi connectivity index (χ0) is 18.6. The van der Waals surface area contributed by atoms with Gasteiger partial charge in [-0.1, -0.05) is 36.4 Å². The lowest BCUT2D eigenvalue weighted by Crippen LogP contribution is -1.99. The number of benzene rings is 1. The van der Waals surface area contributed by atoms with Crippen LogP contribution in [-0.2, 0) is 17.7 Å². The Morgan fingerprint density at radius 2 is 2.04 bits per heavy atom. The molecule has 0 aliphatic carbocycles. The number of hydrogen-bond donors (Lipinski definition) is 0. The fourth-order valence-corrected chi connectivity index (χ4v) is 2.52. The summed E-state index contributed by atoms with van der Waals surface area (Å²) in [6.07, 6.45) is 12.7. The van der Waals surface area contributed by atoms with Crippen molar-refractivity contribution in [1.82, 2.24) is 9.78 Å². The summed E-state index contributed by atoms with van der Waals surface area (Å²) in [5, 5.41) is 4.22. The second-order valence-electron chi connectivity index (χ2n) is 5.98. The number of hydrogen-bond acceptors (Lipinski definition) is 3. The van der Waals surface area contributed by atoms with Gasteiger partial charge in [-0.15, -0.1) is 0 Å². The van der Waals surface area contributed by atoms with Crippen LogP contribution in [0.2, 0.25) is 0 Å². The van der Waals surface area contributed by atoms with Crippen molar-refractivity contribution < 1.29 is 9.47 Å². The first-order chi connectivity index (χ1) is 12.7. The summed E-state index contributed by atoms with van der Waals surface area (Å²) in [5.74, 6) is 1.58. The Kier molecular flexibility index (Phi) is 8.27. The average Bonchev–Trinajstić information content (AvgIpc) is 3.19. The summed E-state index contributed by atoms with van der Waals surface area (Å²) >= 11 is 0. The quantitative estimate of drug-likeness (QED) is 0.326. The van der Waals surface area contributed by atoms with Crippen LogP contribution in [0.1, 0.15) is 25.3 Å². The second-order valence-corrected chi connectivity index (χ2v) is 5.98. The Morgan fingerprint density at radius 3 is 2.69 bits per heavy atom. The molecule has 0 bridgehead atoms. The van der Waals surface area contributed by atoms with Gasteiger partial charge in [0.05, 0.1) is 13.7 Å². The summed E-state index contributed by atoms with van der Waals surface area (Å²) in [6, 6.07) is 10.1. The summed E-state index contributed by atoms with van der Waals surface area (Å²) in [7, 11) is 1.68. The molecule has 0 saturated heterocycles. The maximum atomic E-state index is 5.70. The van der Waals surface area contributed by atoms with Crippen molar-refractivity contribution in [2.45, 2.75) is 32.7 Å². The van der Waals surface area contributed by atoms with E-state index in [1.165, 1.54) is 11.1 Å². The summed E-state index contributed by atoms with van der Waals surface area (Å²) in [4.78, 5) is 0. The molecule has 2 aromatic rings. The molecule has 0 aliphatic rings. The monoisotopic (exact) mass is 352 g/mol. The third-order valence-electron chi connectivity index (χ3n) is 4.10. The van der Waals surface area contributed by atoms with Crippen LogP contribution in [0.5, 0.6) is 5.75 Å². The van der Waals surface area contributed by atoms with E-state index in [2.05, 4.69) is 36.0 Å². The molecule has 1 heterocycles. The van der Waals surface area contributed by atoms with E-state index in [-0.39, 0.29) is 0 Å². The number of ether oxygens (including phenoxy) is 2. The fourth-order valence-electron chi connectivity index (χ4n) is 2.52. The Bertz CT molecular complexity index is 713. The molecule has 4 heteroatoms. The second kappa shape index (κ2) is 11.0. The van der Waals surface area contributed by atoms with E-state index in [9.17, 15) is 0 Å². The fraction of sp³-hybridized carbons (Fsp3) is 0.318. The lowest BCUT2D eigenvalue weighted by Gasteiger charge is -2.07. The summed E-state index contributed by atoms with van der Waals surface area (Å²) < 4.78 is 12.8. The van der Waals surface area contributed by atoms with Gasteiger partial charge >= 0.3 is 0 Å². The van der Waals surface area contributed by atoms with Gasteiger partial charge in [-0.25, -0.2) is 0 Å². The van der Waals surface area contributed by atoms with Crippen LogP contribution in [0, 0.1) is 0 Å². The summed E-state index contributed by atoms with van der Waals surface area (Å²) in [6.45, 7) is 7.54. The van der Waals surface area contributed by atoms with E-state index < -0.39 is 0 Å². The van der Waals surface area contributed by atoms with Gasteiger partial charge in [-0.2, -0.15) is 5.10 Å². The van der Waals surface area contributed by atoms with E-state index in [1.807, 2.05) is 42.1 Å². The first-order valence-corrected chi connectivity index (χ1v) is 8.96. The molecular weight excluding hydrogens is 324 g/mol. The van der Waals surface area contributed by atoms with Gasteiger partial charge in [-0.05, 0) is 56.0 Å². The SMILES string of the molecule is C=C(/C=C\C(=C/C)CCn1cccn1)OCCCc1ccc(OC)cc1. The number of nitrogens with zero attached hydrogens (tertiary/aromatic N) is 2. The molecule has 0 spiro atoms. The van der Waals surface area contributed by atoms with Gasteiger partial charge in [0.25, 0.3) is 0 Å². The predicted octanol–water partition coefficient (Wildman–Crippen LogP) is 4.95. The van der Waals surface area contributed by atoms with E-state index >= 15 is 0 Å². The first-order valence-electron chi connectivity index (χ1n) is 8.96. The highest BCUT2D eigenvalue weighted by Crippen LogP contribution is 2.13. The lowest BCUT2D eigenvalue weighted by atomic mass is 10.1. The lowest BCUT2D eigenvalue weighted by molar-refractivity contribution is 0.222. The molecule has 2 rings (SSSR count). The highest BCUT2D eigenvalue weighted by atomic mass is 16.5. The number of aromatic nitrogens is 2. The minimum Gasteiger partial charge on any atom is -0.497 e. The standard InChI is InChI=1S/C22H28N2O2/c1-4-20(14-17-24-16-6-15-23-24)9-8-19(2)26-18-5-7-21-10-12-22(25-3)13-11-21/h4,6,8-13,15-16H,2,5,7,14,17-18H2,1,3H3/b9-8-,20-4+. The van der Waals surface area contributed by atoms with Gasteiger partial charge in [0.1, 0.15) is 11.5 Å². The average molecular weight is 352 g/mol. The number of aryl methyl sites for hydroxylation is 2. The highest BCUT2D eigenvalue weighted by molar-refractivity contribution is 5.27. The van der Waals surface area contributed by atoms with Crippen molar-refractivity contribution in [3.63, 3.8) is 0 Å². The van der Waals surface area contributed by atoms with Crippen LogP contribution in [0.25, 0.3) is 0 Å². The Morgan fingerprint density at radius 1 is 1.23 bits per heavy atom. The van der Waals surface area contributed by atoms with Crippen LogP contribution in [0.4, 0.5) is 0 Å². The predicted molar refractivity (Wildman–Crippen MR) is 106 cm³/mol. The Balaban J connectivity index is 1.65. The highest BCUT2D eigenvalue weighted by Gasteiger charge is 1.98. The largest absolute Gasteiger partial charge is 0.497 e. The van der Waals surface area contributed by atoms with Crippen molar-refractivity contribution in [2.75, 3.05) is 13.7 Å². The van der Waals surface area contributed by atoms with Crippen molar-refractivity contribution >= 4 is 0 Å². The van der Waals surface area contributed by atoms with Gasteiger partial charge in [0.2, 0.25) is 0 Å². The molecule has 0 amide bonds. The van der Waals surface area contributed by atoms with Gasteiger partial charge < -0.3 is 9.47 Å². The minimum absolute atomic E-state index is 0.660. The molecule has 0 unspecified atom stereocenters. The van der Waals surface area contributed by atoms with Crippen LogP contribution < -0.4 is 4.74 Å². The van der Waals surface area contributed by atoms with Crippen molar-refractivity contribution in [3.05, 3.63) is 84.4 Å². The third-order valence-corrected chi connectivity index (χ3v) is 4.10. The topological polar surface area (TPSA) is 36.3 Å². The first kappa shape index (κ1) is 19.6. The maximum absolute atomic E-state index is 5.70. The van der Waals surface area contributed by atoms with Gasteiger partial charge in [0.15, 0.2) is 0 Å². The molecule has 0 fully saturated rings. The molecule has 138 valence electrons. The molecule has 0 N–H and O–H groups in total. The molecule has 0 aliphatic heterocycles. The van der Waals surface area contributed by atoms with E-state index in [0.717, 1.165) is 31.6 Å². The van der Waals surface area contributed by atoms with E-state index in [0.29, 0.717) is 12.4 Å². The Hall–Kier alpha value is -2.75. The van der Waals surface area contributed by atoms with Crippen molar-refractivity contribution in [2.24, 2.45) is 0 Å². The number of allylic oxidation sites excluding steroid dienone is 4. The van der Waals surface area contributed by atoms with Crippen molar-refractivity contribution in [1.29, 1.82) is 0 Å². The molecule has 0 saturated carbocycles. The van der Waals surface area contributed by atoms with Crippen LogP contribution in [-0.4, -0.2) is 23.5 Å². The normalized spacial score (nSPS) is 11.7. The molecule has 1 aromatic carbocycles. The van der Waals surface area contributed by atoms with Crippen molar-refractivity contribution in [3.8, 4) is 5.75 Å². The molecular formula is C22H28N2O2. The number of rotatable bonds is 11. The number of methoxy groups -OCH3 is 1. The molecule has 4 nitrogen and oxygen atoms in total.